The molecule has 0 saturated heterocycles. The summed E-state index contributed by atoms with van der Waals surface area (Å²) in [6, 6.07) is 11.3. The van der Waals surface area contributed by atoms with Gasteiger partial charge in [-0.1, -0.05) is 30.7 Å². The Bertz CT molecular complexity index is 713. The zero-order valence-electron chi connectivity index (χ0n) is 13.9. The molecule has 0 heterocycles. The average Bonchev–Trinajstić information content (AvgIpc) is 2.52. The third-order valence-corrected chi connectivity index (χ3v) is 4.27. The van der Waals surface area contributed by atoms with Gasteiger partial charge in [0.25, 0.3) is 5.91 Å². The average molecular weight is 332 g/mol. The highest BCUT2D eigenvalue weighted by Gasteiger charge is 2.19. The van der Waals surface area contributed by atoms with Gasteiger partial charge in [0.05, 0.1) is 0 Å². The molecule has 122 valence electrons. The van der Waals surface area contributed by atoms with Crippen LogP contribution < -0.4 is 10.1 Å². The van der Waals surface area contributed by atoms with E-state index >= 15 is 0 Å². The molecule has 0 aliphatic carbocycles. The Labute approximate surface area is 142 Å². The molecule has 0 unspecified atom stereocenters. The molecule has 0 bridgehead atoms. The quantitative estimate of drug-likeness (QED) is 0.831. The summed E-state index contributed by atoms with van der Waals surface area (Å²) in [5.41, 5.74) is 3.99. The second-order valence-electron chi connectivity index (χ2n) is 5.71. The molecule has 1 N–H and O–H groups in total. The molecule has 2 aromatic rings. The van der Waals surface area contributed by atoms with Gasteiger partial charge in [-0.15, -0.1) is 0 Å². The lowest BCUT2D eigenvalue weighted by molar-refractivity contribution is -0.122. The molecule has 1 atom stereocenters. The number of carbonyl (C=O) groups is 1. The van der Waals surface area contributed by atoms with Crippen molar-refractivity contribution >= 4 is 23.2 Å². The lowest BCUT2D eigenvalue weighted by Crippen LogP contribution is -2.32. The molecule has 3 nitrogen and oxygen atoms in total. The van der Waals surface area contributed by atoms with E-state index in [1.807, 2.05) is 58.0 Å². The summed E-state index contributed by atoms with van der Waals surface area (Å²) in [7, 11) is 0. The van der Waals surface area contributed by atoms with E-state index in [2.05, 4.69) is 5.32 Å². The van der Waals surface area contributed by atoms with Crippen LogP contribution in [-0.4, -0.2) is 12.0 Å². The fourth-order valence-electron chi connectivity index (χ4n) is 2.17. The highest BCUT2D eigenvalue weighted by atomic mass is 35.5. The van der Waals surface area contributed by atoms with Crippen LogP contribution in [0.25, 0.3) is 0 Å². The molecule has 0 aromatic heterocycles. The van der Waals surface area contributed by atoms with Crippen molar-refractivity contribution in [3.8, 4) is 5.75 Å². The summed E-state index contributed by atoms with van der Waals surface area (Å²) in [6.45, 7) is 7.92. The monoisotopic (exact) mass is 331 g/mol. The van der Waals surface area contributed by atoms with Crippen LogP contribution in [0.1, 0.15) is 30.0 Å². The fourth-order valence-corrected chi connectivity index (χ4v) is 2.35. The zero-order valence-corrected chi connectivity index (χ0v) is 14.7. The van der Waals surface area contributed by atoms with Gasteiger partial charge in [-0.05, 0) is 68.1 Å². The molecule has 0 aliphatic heterocycles. The Kier molecular flexibility index (Phi) is 5.67. The molecule has 2 aromatic carbocycles. The molecule has 0 radical (unpaired) electrons. The van der Waals surface area contributed by atoms with E-state index in [0.717, 1.165) is 11.1 Å². The lowest BCUT2D eigenvalue weighted by Gasteiger charge is -2.18. The standard InChI is InChI=1S/C19H22ClNO2/c1-5-18(23-16-9-7-12(2)14(4)10-16)19(22)21-15-8-6-13(3)17(20)11-15/h6-11,18H,5H2,1-4H3,(H,21,22)/t18-/m1/s1. The van der Waals surface area contributed by atoms with Gasteiger partial charge in [-0.25, -0.2) is 0 Å². The van der Waals surface area contributed by atoms with Crippen molar-refractivity contribution < 1.29 is 9.53 Å². The predicted molar refractivity (Wildman–Crippen MR) is 95.4 cm³/mol. The number of hydrogen-bond donors (Lipinski definition) is 1. The predicted octanol–water partition coefficient (Wildman–Crippen LogP) is 5.06. The minimum atomic E-state index is -0.544. The fraction of sp³-hybridized carbons (Fsp3) is 0.316. The number of halogens is 1. The van der Waals surface area contributed by atoms with E-state index in [4.69, 9.17) is 16.3 Å². The maximum atomic E-state index is 12.4. The van der Waals surface area contributed by atoms with Gasteiger partial charge in [-0.3, -0.25) is 4.79 Å². The lowest BCUT2D eigenvalue weighted by atomic mass is 10.1. The summed E-state index contributed by atoms with van der Waals surface area (Å²) in [4.78, 5) is 12.4. The van der Waals surface area contributed by atoms with Crippen LogP contribution in [0, 0.1) is 20.8 Å². The van der Waals surface area contributed by atoms with E-state index in [1.165, 1.54) is 5.56 Å². The van der Waals surface area contributed by atoms with Gasteiger partial charge in [-0.2, -0.15) is 0 Å². The molecule has 0 saturated carbocycles. The van der Waals surface area contributed by atoms with Crippen LogP contribution in [0.4, 0.5) is 5.69 Å². The van der Waals surface area contributed by atoms with Crippen LogP contribution >= 0.6 is 11.6 Å². The van der Waals surface area contributed by atoms with Crippen molar-refractivity contribution in [3.05, 3.63) is 58.1 Å². The number of rotatable bonds is 5. The SMILES string of the molecule is CC[C@@H](Oc1ccc(C)c(C)c1)C(=O)Nc1ccc(C)c(Cl)c1. The maximum Gasteiger partial charge on any atom is 0.265 e. The van der Waals surface area contributed by atoms with Crippen LogP contribution in [0.15, 0.2) is 36.4 Å². The molecular formula is C19H22ClNO2. The maximum absolute atomic E-state index is 12.4. The van der Waals surface area contributed by atoms with Crippen molar-refractivity contribution in [3.63, 3.8) is 0 Å². The van der Waals surface area contributed by atoms with Crippen molar-refractivity contribution in [1.82, 2.24) is 0 Å². The number of hydrogen-bond acceptors (Lipinski definition) is 2. The van der Waals surface area contributed by atoms with Gasteiger partial charge < -0.3 is 10.1 Å². The smallest absolute Gasteiger partial charge is 0.265 e. The molecule has 4 heteroatoms. The molecule has 0 spiro atoms. The zero-order chi connectivity index (χ0) is 17.0. The number of benzene rings is 2. The molecule has 0 fully saturated rings. The van der Waals surface area contributed by atoms with Crippen LogP contribution in [0.3, 0.4) is 0 Å². The van der Waals surface area contributed by atoms with E-state index in [0.29, 0.717) is 22.9 Å². The highest BCUT2D eigenvalue weighted by molar-refractivity contribution is 6.31. The first kappa shape index (κ1) is 17.4. The van der Waals surface area contributed by atoms with Gasteiger partial charge in [0.2, 0.25) is 0 Å². The van der Waals surface area contributed by atoms with Gasteiger partial charge in [0, 0.05) is 10.7 Å². The van der Waals surface area contributed by atoms with E-state index in [-0.39, 0.29) is 5.91 Å². The number of amides is 1. The van der Waals surface area contributed by atoms with Crippen LogP contribution in [-0.2, 0) is 4.79 Å². The normalized spacial score (nSPS) is 11.9. The first-order valence-corrected chi connectivity index (χ1v) is 8.09. The molecular weight excluding hydrogens is 310 g/mol. The number of ether oxygens (including phenoxy) is 1. The van der Waals surface area contributed by atoms with Crippen LogP contribution in [0.5, 0.6) is 5.75 Å². The number of nitrogens with one attached hydrogen (secondary N) is 1. The van der Waals surface area contributed by atoms with Crippen molar-refractivity contribution in [1.29, 1.82) is 0 Å². The number of aryl methyl sites for hydroxylation is 3. The molecule has 23 heavy (non-hydrogen) atoms. The first-order chi connectivity index (χ1) is 10.9. The summed E-state index contributed by atoms with van der Waals surface area (Å²) in [6.07, 6.45) is 0.0374. The summed E-state index contributed by atoms with van der Waals surface area (Å²) in [5, 5.41) is 3.49. The Morgan fingerprint density at radius 2 is 1.78 bits per heavy atom. The summed E-state index contributed by atoms with van der Waals surface area (Å²) < 4.78 is 5.84. The van der Waals surface area contributed by atoms with Crippen molar-refractivity contribution in [2.45, 2.75) is 40.2 Å². The second kappa shape index (κ2) is 7.51. The molecule has 0 aliphatic rings. The Hall–Kier alpha value is -2.00. The molecule has 2 rings (SSSR count). The summed E-state index contributed by atoms with van der Waals surface area (Å²) >= 11 is 6.09. The van der Waals surface area contributed by atoms with Gasteiger partial charge >= 0.3 is 0 Å². The van der Waals surface area contributed by atoms with Crippen LogP contribution in [0.2, 0.25) is 5.02 Å². The topological polar surface area (TPSA) is 38.3 Å². The largest absolute Gasteiger partial charge is 0.481 e. The van der Waals surface area contributed by atoms with Crippen molar-refractivity contribution in [2.75, 3.05) is 5.32 Å². The Morgan fingerprint density at radius 1 is 1.09 bits per heavy atom. The Balaban J connectivity index is 2.08. The van der Waals surface area contributed by atoms with Crippen molar-refractivity contribution in [2.24, 2.45) is 0 Å². The summed E-state index contributed by atoms with van der Waals surface area (Å²) in [5.74, 6) is 0.530. The Morgan fingerprint density at radius 3 is 2.39 bits per heavy atom. The van der Waals surface area contributed by atoms with Gasteiger partial charge in [0.1, 0.15) is 5.75 Å². The van der Waals surface area contributed by atoms with E-state index in [9.17, 15) is 4.79 Å². The van der Waals surface area contributed by atoms with E-state index in [1.54, 1.807) is 6.07 Å². The van der Waals surface area contributed by atoms with Gasteiger partial charge in [0.15, 0.2) is 6.10 Å². The highest BCUT2D eigenvalue weighted by Crippen LogP contribution is 2.22. The third kappa shape index (κ3) is 4.49. The number of carbonyl (C=O) groups excluding carboxylic acids is 1. The van der Waals surface area contributed by atoms with E-state index < -0.39 is 6.10 Å². The first-order valence-electron chi connectivity index (χ1n) is 7.71. The second-order valence-corrected chi connectivity index (χ2v) is 6.12. The third-order valence-electron chi connectivity index (χ3n) is 3.86. The molecule has 1 amide bonds. The minimum absolute atomic E-state index is 0.175. The minimum Gasteiger partial charge on any atom is -0.481 e. The number of anilines is 1.